The first-order valence-electron chi connectivity index (χ1n) is 6.32. The largest absolute Gasteiger partial charge is 0.398 e. The second kappa shape index (κ2) is 5.80. The van der Waals surface area contributed by atoms with Crippen molar-refractivity contribution in [3.63, 3.8) is 0 Å². The third-order valence-corrected chi connectivity index (χ3v) is 3.12. The van der Waals surface area contributed by atoms with Crippen molar-refractivity contribution in [1.82, 2.24) is 10.3 Å². The molecule has 19 heavy (non-hydrogen) atoms. The number of aryl methyl sites for hydroxylation is 1. The summed E-state index contributed by atoms with van der Waals surface area (Å²) in [4.78, 5) is 4.12. The van der Waals surface area contributed by atoms with Gasteiger partial charge in [-0.25, -0.2) is 4.39 Å². The van der Waals surface area contributed by atoms with Crippen LogP contribution >= 0.6 is 0 Å². The Labute approximate surface area is 112 Å². The molecule has 0 saturated heterocycles. The van der Waals surface area contributed by atoms with Gasteiger partial charge in [0.1, 0.15) is 5.82 Å². The van der Waals surface area contributed by atoms with Crippen molar-refractivity contribution < 1.29 is 4.39 Å². The standard InChI is InChI=1S/C15H18FN3/c1-3-19-15(12-9-18-7-6-14(12)17)11-4-5-13(16)10(2)8-11/h4-9,15,19H,3H2,1-2H3,(H2,17,18). The van der Waals surface area contributed by atoms with Crippen LogP contribution in [0.4, 0.5) is 10.1 Å². The smallest absolute Gasteiger partial charge is 0.126 e. The molecule has 1 unspecified atom stereocenters. The lowest BCUT2D eigenvalue weighted by atomic mass is 9.97. The molecule has 1 heterocycles. The Morgan fingerprint density at radius 2 is 2.16 bits per heavy atom. The highest BCUT2D eigenvalue weighted by molar-refractivity contribution is 5.50. The van der Waals surface area contributed by atoms with Crippen LogP contribution in [-0.4, -0.2) is 11.5 Å². The molecule has 3 nitrogen and oxygen atoms in total. The normalized spacial score (nSPS) is 12.4. The van der Waals surface area contributed by atoms with Crippen LogP contribution in [0.3, 0.4) is 0 Å². The van der Waals surface area contributed by atoms with E-state index in [9.17, 15) is 4.39 Å². The van der Waals surface area contributed by atoms with Gasteiger partial charge in [-0.2, -0.15) is 0 Å². The highest BCUT2D eigenvalue weighted by atomic mass is 19.1. The lowest BCUT2D eigenvalue weighted by molar-refractivity contribution is 0.606. The van der Waals surface area contributed by atoms with Gasteiger partial charge in [-0.1, -0.05) is 19.1 Å². The summed E-state index contributed by atoms with van der Waals surface area (Å²) in [6.07, 6.45) is 3.42. The van der Waals surface area contributed by atoms with Crippen LogP contribution in [0.2, 0.25) is 0 Å². The molecule has 4 heteroatoms. The average molecular weight is 259 g/mol. The number of pyridine rings is 1. The molecule has 0 spiro atoms. The number of rotatable bonds is 4. The Morgan fingerprint density at radius 1 is 1.37 bits per heavy atom. The van der Waals surface area contributed by atoms with Crippen LogP contribution < -0.4 is 11.1 Å². The van der Waals surface area contributed by atoms with Crippen molar-refractivity contribution in [3.05, 3.63) is 59.2 Å². The Hall–Kier alpha value is -1.94. The average Bonchev–Trinajstić information content (AvgIpc) is 2.40. The van der Waals surface area contributed by atoms with Crippen LogP contribution in [0.25, 0.3) is 0 Å². The number of nitrogens with two attached hydrogens (primary N) is 1. The van der Waals surface area contributed by atoms with Crippen molar-refractivity contribution in [2.45, 2.75) is 19.9 Å². The summed E-state index contributed by atoms with van der Waals surface area (Å²) >= 11 is 0. The summed E-state index contributed by atoms with van der Waals surface area (Å²) in [6, 6.07) is 6.81. The Balaban J connectivity index is 2.45. The first-order chi connectivity index (χ1) is 9.13. The second-order valence-electron chi connectivity index (χ2n) is 4.50. The summed E-state index contributed by atoms with van der Waals surface area (Å²) in [5, 5.41) is 3.36. The fraction of sp³-hybridized carbons (Fsp3) is 0.267. The number of nitrogens with one attached hydrogen (secondary N) is 1. The van der Waals surface area contributed by atoms with Gasteiger partial charge >= 0.3 is 0 Å². The van der Waals surface area contributed by atoms with Gasteiger partial charge in [-0.3, -0.25) is 4.98 Å². The van der Waals surface area contributed by atoms with Crippen LogP contribution in [0.1, 0.15) is 29.7 Å². The van der Waals surface area contributed by atoms with Gasteiger partial charge in [0, 0.05) is 23.6 Å². The number of hydrogen-bond acceptors (Lipinski definition) is 3. The fourth-order valence-electron chi connectivity index (χ4n) is 2.12. The van der Waals surface area contributed by atoms with E-state index in [1.165, 1.54) is 6.07 Å². The number of nitrogens with zero attached hydrogens (tertiary/aromatic N) is 1. The third kappa shape index (κ3) is 2.90. The summed E-state index contributed by atoms with van der Waals surface area (Å²) < 4.78 is 13.4. The summed E-state index contributed by atoms with van der Waals surface area (Å²) in [7, 11) is 0. The molecule has 0 bridgehead atoms. The van der Waals surface area contributed by atoms with E-state index in [0.717, 1.165) is 17.7 Å². The predicted molar refractivity (Wildman–Crippen MR) is 75.3 cm³/mol. The number of benzene rings is 1. The maximum absolute atomic E-state index is 13.4. The van der Waals surface area contributed by atoms with E-state index in [1.54, 1.807) is 31.5 Å². The van der Waals surface area contributed by atoms with E-state index < -0.39 is 0 Å². The monoisotopic (exact) mass is 259 g/mol. The first kappa shape index (κ1) is 13.5. The number of aromatic nitrogens is 1. The molecule has 2 aromatic rings. The maximum Gasteiger partial charge on any atom is 0.126 e. The number of nitrogen functional groups attached to an aromatic ring is 1. The van der Waals surface area contributed by atoms with E-state index in [1.807, 2.05) is 13.0 Å². The quantitative estimate of drug-likeness (QED) is 0.887. The van der Waals surface area contributed by atoms with E-state index in [2.05, 4.69) is 10.3 Å². The molecule has 0 amide bonds. The van der Waals surface area contributed by atoms with Crippen molar-refractivity contribution in [3.8, 4) is 0 Å². The Bertz CT molecular complexity index is 569. The first-order valence-corrected chi connectivity index (χ1v) is 6.32. The molecule has 0 aliphatic carbocycles. The lowest BCUT2D eigenvalue weighted by Gasteiger charge is -2.20. The molecule has 100 valence electrons. The van der Waals surface area contributed by atoms with E-state index >= 15 is 0 Å². The van der Waals surface area contributed by atoms with Gasteiger partial charge in [-0.15, -0.1) is 0 Å². The molecule has 0 fully saturated rings. The third-order valence-electron chi connectivity index (χ3n) is 3.12. The molecule has 1 atom stereocenters. The van der Waals surface area contributed by atoms with Gasteiger partial charge in [0.25, 0.3) is 0 Å². The van der Waals surface area contributed by atoms with Gasteiger partial charge in [0.15, 0.2) is 0 Å². The topological polar surface area (TPSA) is 50.9 Å². The Morgan fingerprint density at radius 3 is 2.79 bits per heavy atom. The highest BCUT2D eigenvalue weighted by Crippen LogP contribution is 2.27. The van der Waals surface area contributed by atoms with E-state index in [0.29, 0.717) is 11.3 Å². The van der Waals surface area contributed by atoms with Gasteiger partial charge in [-0.05, 0) is 36.7 Å². The highest BCUT2D eigenvalue weighted by Gasteiger charge is 2.16. The van der Waals surface area contributed by atoms with E-state index in [4.69, 9.17) is 5.73 Å². The zero-order chi connectivity index (χ0) is 13.8. The minimum absolute atomic E-state index is 0.0713. The molecule has 2 rings (SSSR count). The molecular formula is C15H18FN3. The van der Waals surface area contributed by atoms with Gasteiger partial charge in [0.05, 0.1) is 6.04 Å². The summed E-state index contributed by atoms with van der Waals surface area (Å²) in [5.41, 5.74) is 9.21. The number of halogens is 1. The zero-order valence-electron chi connectivity index (χ0n) is 11.2. The van der Waals surface area contributed by atoms with Crippen LogP contribution in [0, 0.1) is 12.7 Å². The van der Waals surface area contributed by atoms with Crippen LogP contribution in [0.5, 0.6) is 0 Å². The van der Waals surface area contributed by atoms with Gasteiger partial charge < -0.3 is 11.1 Å². The molecule has 3 N–H and O–H groups in total. The molecular weight excluding hydrogens is 241 g/mol. The minimum Gasteiger partial charge on any atom is -0.398 e. The SMILES string of the molecule is CCNC(c1ccc(F)c(C)c1)c1cnccc1N. The molecule has 1 aromatic heterocycles. The molecule has 0 aliphatic heterocycles. The second-order valence-corrected chi connectivity index (χ2v) is 4.50. The van der Waals surface area contributed by atoms with Crippen molar-refractivity contribution in [2.75, 3.05) is 12.3 Å². The lowest BCUT2D eigenvalue weighted by Crippen LogP contribution is -2.23. The maximum atomic E-state index is 13.4. The van der Waals surface area contributed by atoms with Gasteiger partial charge in [0.2, 0.25) is 0 Å². The summed E-state index contributed by atoms with van der Waals surface area (Å²) in [5.74, 6) is -0.196. The fourth-order valence-corrected chi connectivity index (χ4v) is 2.12. The van der Waals surface area contributed by atoms with Crippen molar-refractivity contribution in [2.24, 2.45) is 0 Å². The molecule has 0 radical (unpaired) electrons. The van der Waals surface area contributed by atoms with Crippen LogP contribution in [0.15, 0.2) is 36.7 Å². The predicted octanol–water partition coefficient (Wildman–Crippen LogP) is 2.81. The Kier molecular flexibility index (Phi) is 4.12. The van der Waals surface area contributed by atoms with Crippen LogP contribution in [-0.2, 0) is 0 Å². The minimum atomic E-state index is -0.196. The zero-order valence-corrected chi connectivity index (χ0v) is 11.2. The molecule has 0 aliphatic rings. The molecule has 1 aromatic carbocycles. The summed E-state index contributed by atoms with van der Waals surface area (Å²) in [6.45, 7) is 4.57. The molecule has 0 saturated carbocycles. The van der Waals surface area contributed by atoms with Crippen molar-refractivity contribution in [1.29, 1.82) is 0 Å². The van der Waals surface area contributed by atoms with E-state index in [-0.39, 0.29) is 11.9 Å². The van der Waals surface area contributed by atoms with Crippen molar-refractivity contribution >= 4 is 5.69 Å². The number of anilines is 1. The number of hydrogen-bond donors (Lipinski definition) is 2.